The van der Waals surface area contributed by atoms with Gasteiger partial charge in [0.05, 0.1) is 5.52 Å². The zero-order valence-electron chi connectivity index (χ0n) is 10.3. The van der Waals surface area contributed by atoms with Gasteiger partial charge >= 0.3 is 0 Å². The minimum Gasteiger partial charge on any atom is -0.450 e. The van der Waals surface area contributed by atoms with Crippen molar-refractivity contribution in [1.29, 1.82) is 0 Å². The van der Waals surface area contributed by atoms with Gasteiger partial charge < -0.3 is 10.5 Å². The second kappa shape index (κ2) is 4.77. The van der Waals surface area contributed by atoms with Crippen molar-refractivity contribution in [3.63, 3.8) is 0 Å². The Kier molecular flexibility index (Phi) is 2.95. The highest BCUT2D eigenvalue weighted by Gasteiger charge is 2.14. The van der Waals surface area contributed by atoms with E-state index in [2.05, 4.69) is 4.98 Å². The van der Waals surface area contributed by atoms with Gasteiger partial charge in [-0.15, -0.1) is 0 Å². The average molecular weight is 272 g/mol. The summed E-state index contributed by atoms with van der Waals surface area (Å²) in [6, 6.07) is 10.6. The predicted molar refractivity (Wildman–Crippen MR) is 72.6 cm³/mol. The van der Waals surface area contributed by atoms with Gasteiger partial charge in [-0.25, -0.2) is 8.78 Å². The lowest BCUT2D eigenvalue weighted by molar-refractivity contribution is 0.411. The van der Waals surface area contributed by atoms with Crippen LogP contribution in [-0.4, -0.2) is 4.98 Å². The van der Waals surface area contributed by atoms with Crippen LogP contribution < -0.4 is 10.5 Å². The van der Waals surface area contributed by atoms with Crippen molar-refractivity contribution in [3.8, 4) is 11.5 Å². The maximum Gasteiger partial charge on any atom is 0.198 e. The Morgan fingerprint density at radius 2 is 1.75 bits per heavy atom. The van der Waals surface area contributed by atoms with Crippen LogP contribution in [0.3, 0.4) is 0 Å². The third-order valence-corrected chi connectivity index (χ3v) is 2.84. The van der Waals surface area contributed by atoms with E-state index in [0.717, 1.165) is 12.1 Å². The van der Waals surface area contributed by atoms with Gasteiger partial charge in [0.1, 0.15) is 5.75 Å². The smallest absolute Gasteiger partial charge is 0.198 e. The molecule has 2 aromatic carbocycles. The molecule has 0 radical (unpaired) electrons. The summed E-state index contributed by atoms with van der Waals surface area (Å²) >= 11 is 0. The standard InChI is InChI=1S/C15H10F2N2O/c16-11-7-9(18)8-12(17)15(11)20-14-5-1-4-13-10(14)3-2-6-19-13/h1-8H,18H2. The summed E-state index contributed by atoms with van der Waals surface area (Å²) in [6.45, 7) is 0. The second-order valence-electron chi connectivity index (χ2n) is 4.24. The first-order valence-corrected chi connectivity index (χ1v) is 5.91. The number of ether oxygens (including phenoxy) is 1. The molecule has 3 nitrogen and oxygen atoms in total. The maximum atomic E-state index is 13.7. The Hall–Kier alpha value is -2.69. The molecule has 0 bridgehead atoms. The topological polar surface area (TPSA) is 48.1 Å². The largest absolute Gasteiger partial charge is 0.450 e. The molecular formula is C15H10F2N2O. The highest BCUT2D eigenvalue weighted by Crippen LogP contribution is 2.33. The predicted octanol–water partition coefficient (Wildman–Crippen LogP) is 3.89. The van der Waals surface area contributed by atoms with E-state index < -0.39 is 17.4 Å². The molecule has 2 N–H and O–H groups in total. The number of fused-ring (bicyclic) bond motifs is 1. The Bertz CT molecular complexity index is 761. The molecule has 0 amide bonds. The van der Waals surface area contributed by atoms with Crippen molar-refractivity contribution in [2.75, 3.05) is 5.73 Å². The lowest BCUT2D eigenvalue weighted by Crippen LogP contribution is -1.96. The van der Waals surface area contributed by atoms with Crippen molar-refractivity contribution in [2.45, 2.75) is 0 Å². The normalized spacial score (nSPS) is 10.7. The molecule has 100 valence electrons. The van der Waals surface area contributed by atoms with Crippen molar-refractivity contribution in [1.82, 2.24) is 4.98 Å². The van der Waals surface area contributed by atoms with Crippen molar-refractivity contribution in [2.24, 2.45) is 0 Å². The molecule has 5 heteroatoms. The van der Waals surface area contributed by atoms with Gasteiger partial charge in [-0.1, -0.05) is 6.07 Å². The van der Waals surface area contributed by atoms with Crippen molar-refractivity contribution >= 4 is 16.6 Å². The van der Waals surface area contributed by atoms with Gasteiger partial charge in [-0.2, -0.15) is 0 Å². The summed E-state index contributed by atoms with van der Waals surface area (Å²) in [5.41, 5.74) is 6.05. The fourth-order valence-electron chi connectivity index (χ4n) is 1.95. The molecule has 0 aliphatic carbocycles. The van der Waals surface area contributed by atoms with E-state index in [1.807, 2.05) is 0 Å². The van der Waals surface area contributed by atoms with Crippen molar-refractivity contribution in [3.05, 3.63) is 60.3 Å². The van der Waals surface area contributed by atoms with E-state index in [0.29, 0.717) is 16.7 Å². The number of pyridine rings is 1. The van der Waals surface area contributed by atoms with Crippen molar-refractivity contribution < 1.29 is 13.5 Å². The highest BCUT2D eigenvalue weighted by molar-refractivity contribution is 5.85. The van der Waals surface area contributed by atoms with Gasteiger partial charge in [-0.3, -0.25) is 4.98 Å². The quantitative estimate of drug-likeness (QED) is 0.720. The van der Waals surface area contributed by atoms with Crippen LogP contribution >= 0.6 is 0 Å². The summed E-state index contributed by atoms with van der Waals surface area (Å²) in [5, 5.41) is 0.672. The number of benzene rings is 2. The van der Waals surface area contributed by atoms with E-state index in [9.17, 15) is 8.78 Å². The number of hydrogen-bond acceptors (Lipinski definition) is 3. The lowest BCUT2D eigenvalue weighted by Gasteiger charge is -2.10. The Morgan fingerprint density at radius 3 is 2.50 bits per heavy atom. The molecule has 20 heavy (non-hydrogen) atoms. The summed E-state index contributed by atoms with van der Waals surface area (Å²) in [5.74, 6) is -1.83. The first kappa shape index (κ1) is 12.3. The fraction of sp³-hybridized carbons (Fsp3) is 0. The molecule has 0 fully saturated rings. The summed E-state index contributed by atoms with van der Waals surface area (Å²) in [7, 11) is 0. The molecule has 1 heterocycles. The zero-order valence-corrected chi connectivity index (χ0v) is 10.3. The van der Waals surface area contributed by atoms with E-state index >= 15 is 0 Å². The average Bonchev–Trinajstić information content (AvgIpc) is 2.43. The first-order valence-electron chi connectivity index (χ1n) is 5.91. The van der Waals surface area contributed by atoms with E-state index in [1.165, 1.54) is 0 Å². The SMILES string of the molecule is Nc1cc(F)c(Oc2cccc3ncccc23)c(F)c1. The Labute approximate surface area is 113 Å². The van der Waals surface area contributed by atoms with Crippen LogP contribution in [0, 0.1) is 11.6 Å². The van der Waals surface area contributed by atoms with Gasteiger partial charge in [0.15, 0.2) is 17.4 Å². The molecule has 0 aliphatic rings. The maximum absolute atomic E-state index is 13.7. The number of nitrogen functional groups attached to an aromatic ring is 1. The van der Waals surface area contributed by atoms with Crippen LogP contribution in [0.15, 0.2) is 48.7 Å². The molecule has 0 spiro atoms. The van der Waals surface area contributed by atoms with Crippen LogP contribution in [0.4, 0.5) is 14.5 Å². The third kappa shape index (κ3) is 2.14. The molecule has 0 atom stereocenters. The van der Waals surface area contributed by atoms with E-state index in [-0.39, 0.29) is 5.69 Å². The molecule has 3 rings (SSSR count). The summed E-state index contributed by atoms with van der Waals surface area (Å²) in [4.78, 5) is 4.15. The Morgan fingerprint density at radius 1 is 1.00 bits per heavy atom. The zero-order chi connectivity index (χ0) is 14.1. The fourth-order valence-corrected chi connectivity index (χ4v) is 1.95. The van der Waals surface area contributed by atoms with Crippen LogP contribution in [-0.2, 0) is 0 Å². The van der Waals surface area contributed by atoms with Crippen LogP contribution in [0.1, 0.15) is 0 Å². The highest BCUT2D eigenvalue weighted by atomic mass is 19.1. The molecule has 0 saturated carbocycles. The summed E-state index contributed by atoms with van der Waals surface area (Å²) in [6.07, 6.45) is 1.64. The van der Waals surface area contributed by atoms with Gasteiger partial charge in [0.2, 0.25) is 0 Å². The number of rotatable bonds is 2. The minimum atomic E-state index is -0.844. The molecule has 0 unspecified atom stereocenters. The van der Waals surface area contributed by atoms with Crippen LogP contribution in [0.25, 0.3) is 10.9 Å². The third-order valence-electron chi connectivity index (χ3n) is 2.84. The number of hydrogen-bond donors (Lipinski definition) is 1. The molecule has 3 aromatic rings. The van der Waals surface area contributed by atoms with Gasteiger partial charge in [0.25, 0.3) is 0 Å². The number of aromatic nitrogens is 1. The summed E-state index contributed by atoms with van der Waals surface area (Å²) < 4.78 is 32.8. The number of nitrogens with two attached hydrogens (primary N) is 1. The molecule has 0 aliphatic heterocycles. The van der Waals surface area contributed by atoms with E-state index in [4.69, 9.17) is 10.5 Å². The van der Waals surface area contributed by atoms with E-state index in [1.54, 1.807) is 36.5 Å². The molecule has 1 aromatic heterocycles. The Balaban J connectivity index is 2.10. The molecule has 0 saturated heterocycles. The minimum absolute atomic E-state index is 0.00642. The van der Waals surface area contributed by atoms with Crippen LogP contribution in [0.5, 0.6) is 11.5 Å². The number of anilines is 1. The number of halogens is 2. The van der Waals surface area contributed by atoms with Gasteiger partial charge in [0, 0.05) is 29.4 Å². The lowest BCUT2D eigenvalue weighted by atomic mass is 10.2. The second-order valence-corrected chi connectivity index (χ2v) is 4.24. The molecular weight excluding hydrogens is 262 g/mol. The van der Waals surface area contributed by atoms with Gasteiger partial charge in [-0.05, 0) is 24.3 Å². The van der Waals surface area contributed by atoms with Crippen LogP contribution in [0.2, 0.25) is 0 Å². The monoisotopic (exact) mass is 272 g/mol. The first-order chi connectivity index (χ1) is 9.65. The number of nitrogens with zero attached hydrogens (tertiary/aromatic N) is 1.